The fourth-order valence-corrected chi connectivity index (χ4v) is 3.39. The molecular formula is C20H16N4O5S. The van der Waals surface area contributed by atoms with Crippen molar-refractivity contribution in [3.8, 4) is 22.8 Å². The van der Waals surface area contributed by atoms with Crippen molar-refractivity contribution in [1.29, 1.82) is 0 Å². The van der Waals surface area contributed by atoms with E-state index in [1.54, 1.807) is 24.3 Å². The van der Waals surface area contributed by atoms with Crippen molar-refractivity contribution in [2.24, 2.45) is 0 Å². The molecule has 0 saturated carbocycles. The van der Waals surface area contributed by atoms with E-state index >= 15 is 0 Å². The number of hydrogen-bond acceptors (Lipinski definition) is 8. The molecule has 2 heterocycles. The minimum atomic E-state index is -0.452. The molecule has 0 radical (unpaired) electrons. The fraction of sp³-hybridized carbons (Fsp3) is 0.150. The van der Waals surface area contributed by atoms with Crippen molar-refractivity contribution >= 4 is 23.4 Å². The van der Waals surface area contributed by atoms with E-state index in [1.807, 2.05) is 18.2 Å². The molecule has 10 heteroatoms. The van der Waals surface area contributed by atoms with Crippen molar-refractivity contribution in [2.45, 2.75) is 11.6 Å². The van der Waals surface area contributed by atoms with Gasteiger partial charge in [-0.1, -0.05) is 17.8 Å². The highest BCUT2D eigenvalue weighted by molar-refractivity contribution is 7.99. The lowest BCUT2D eigenvalue weighted by atomic mass is 10.1. The van der Waals surface area contributed by atoms with E-state index in [-0.39, 0.29) is 24.1 Å². The van der Waals surface area contributed by atoms with Gasteiger partial charge in [-0.15, -0.1) is 10.2 Å². The largest absolute Gasteiger partial charge is 0.454 e. The Morgan fingerprint density at radius 1 is 1.07 bits per heavy atom. The van der Waals surface area contributed by atoms with Gasteiger partial charge in [0.15, 0.2) is 11.5 Å². The second-order valence-electron chi connectivity index (χ2n) is 6.31. The van der Waals surface area contributed by atoms with Gasteiger partial charge in [0.1, 0.15) is 5.03 Å². The Hall–Kier alpha value is -3.66. The number of fused-ring (bicyclic) bond motifs is 1. The summed E-state index contributed by atoms with van der Waals surface area (Å²) in [5, 5.41) is 22.4. The first-order valence-corrected chi connectivity index (χ1v) is 9.93. The first kappa shape index (κ1) is 19.6. The van der Waals surface area contributed by atoms with Gasteiger partial charge in [-0.25, -0.2) is 0 Å². The Bertz CT molecular complexity index is 1070. The first-order valence-electron chi connectivity index (χ1n) is 8.95. The van der Waals surface area contributed by atoms with E-state index in [0.29, 0.717) is 28.8 Å². The summed E-state index contributed by atoms with van der Waals surface area (Å²) in [6.45, 7) is 0.604. The molecule has 30 heavy (non-hydrogen) atoms. The molecule has 1 amide bonds. The van der Waals surface area contributed by atoms with Gasteiger partial charge in [0.25, 0.3) is 5.69 Å². The number of nitrogens with one attached hydrogen (secondary N) is 1. The topological polar surface area (TPSA) is 116 Å². The van der Waals surface area contributed by atoms with Gasteiger partial charge in [0.05, 0.1) is 16.4 Å². The summed E-state index contributed by atoms with van der Waals surface area (Å²) in [6, 6.07) is 15.2. The van der Waals surface area contributed by atoms with Gasteiger partial charge in [0.2, 0.25) is 12.7 Å². The smallest absolute Gasteiger partial charge is 0.269 e. The Balaban J connectivity index is 1.27. The summed E-state index contributed by atoms with van der Waals surface area (Å²) >= 11 is 1.27. The molecule has 4 rings (SSSR count). The van der Waals surface area contributed by atoms with Gasteiger partial charge >= 0.3 is 0 Å². The van der Waals surface area contributed by atoms with E-state index in [1.165, 1.54) is 23.9 Å². The third-order valence-corrected chi connectivity index (χ3v) is 5.21. The van der Waals surface area contributed by atoms with Crippen molar-refractivity contribution in [3.05, 3.63) is 70.3 Å². The summed E-state index contributed by atoms with van der Waals surface area (Å²) in [5.41, 5.74) is 2.27. The molecule has 1 aromatic heterocycles. The molecule has 0 saturated heterocycles. The Morgan fingerprint density at radius 2 is 1.87 bits per heavy atom. The Morgan fingerprint density at radius 3 is 2.60 bits per heavy atom. The zero-order chi connectivity index (χ0) is 20.9. The number of nitro groups is 1. The van der Waals surface area contributed by atoms with Crippen molar-refractivity contribution in [2.75, 3.05) is 12.5 Å². The van der Waals surface area contributed by atoms with Crippen LogP contribution in [-0.4, -0.2) is 33.6 Å². The predicted molar refractivity (Wildman–Crippen MR) is 109 cm³/mol. The van der Waals surface area contributed by atoms with E-state index < -0.39 is 4.92 Å². The number of aromatic nitrogens is 2. The number of carbonyl (C=O) groups excluding carboxylic acids is 1. The van der Waals surface area contributed by atoms with Crippen LogP contribution in [0.1, 0.15) is 5.56 Å². The number of ether oxygens (including phenoxy) is 2. The minimum absolute atomic E-state index is 0.0191. The summed E-state index contributed by atoms with van der Waals surface area (Å²) in [7, 11) is 0. The second-order valence-corrected chi connectivity index (χ2v) is 7.31. The highest BCUT2D eigenvalue weighted by Crippen LogP contribution is 2.32. The lowest BCUT2D eigenvalue weighted by Crippen LogP contribution is -2.24. The van der Waals surface area contributed by atoms with Crippen LogP contribution in [0.25, 0.3) is 11.3 Å². The van der Waals surface area contributed by atoms with Gasteiger partial charge < -0.3 is 14.8 Å². The number of non-ortho nitro benzene ring substituents is 1. The number of amides is 1. The number of carbonyl (C=O) groups is 1. The summed E-state index contributed by atoms with van der Waals surface area (Å²) in [6.07, 6.45) is 0. The maximum Gasteiger partial charge on any atom is 0.269 e. The number of thioether (sulfide) groups is 1. The van der Waals surface area contributed by atoms with Crippen LogP contribution in [0.5, 0.6) is 11.5 Å². The maximum absolute atomic E-state index is 12.1. The monoisotopic (exact) mass is 424 g/mol. The van der Waals surface area contributed by atoms with Gasteiger partial charge in [-0.05, 0) is 42.0 Å². The van der Waals surface area contributed by atoms with E-state index in [9.17, 15) is 14.9 Å². The SMILES string of the molecule is O=C(CSc1ccc(-c2ccc([N+](=O)[O-])cc2)nn1)NCc1ccc2c(c1)OCO2. The number of nitro benzene ring substituents is 1. The van der Waals surface area contributed by atoms with E-state index in [2.05, 4.69) is 15.5 Å². The molecule has 0 fully saturated rings. The summed E-state index contributed by atoms with van der Waals surface area (Å²) in [4.78, 5) is 22.4. The maximum atomic E-state index is 12.1. The lowest BCUT2D eigenvalue weighted by molar-refractivity contribution is -0.384. The fourth-order valence-electron chi connectivity index (χ4n) is 2.75. The first-order chi connectivity index (χ1) is 14.6. The molecule has 9 nitrogen and oxygen atoms in total. The van der Waals surface area contributed by atoms with Crippen LogP contribution in [0.15, 0.2) is 59.6 Å². The van der Waals surface area contributed by atoms with Crippen LogP contribution in [0.3, 0.4) is 0 Å². The van der Waals surface area contributed by atoms with E-state index in [4.69, 9.17) is 9.47 Å². The number of nitrogens with zero attached hydrogens (tertiary/aromatic N) is 3. The molecule has 3 aromatic rings. The van der Waals surface area contributed by atoms with Gasteiger partial charge in [0, 0.05) is 24.2 Å². The van der Waals surface area contributed by atoms with Crippen molar-refractivity contribution in [3.63, 3.8) is 0 Å². The molecule has 2 aromatic carbocycles. The van der Waals surface area contributed by atoms with Crippen LogP contribution < -0.4 is 14.8 Å². The zero-order valence-electron chi connectivity index (χ0n) is 15.6. The number of hydrogen-bond donors (Lipinski definition) is 1. The normalized spacial score (nSPS) is 11.9. The molecule has 1 aliphatic heterocycles. The molecule has 1 N–H and O–H groups in total. The van der Waals surface area contributed by atoms with Crippen LogP contribution in [0.4, 0.5) is 5.69 Å². The molecule has 0 spiro atoms. The van der Waals surface area contributed by atoms with Crippen LogP contribution in [0.2, 0.25) is 0 Å². The van der Waals surface area contributed by atoms with Crippen LogP contribution in [-0.2, 0) is 11.3 Å². The minimum Gasteiger partial charge on any atom is -0.454 e. The molecular weight excluding hydrogens is 408 g/mol. The zero-order valence-corrected chi connectivity index (χ0v) is 16.4. The molecule has 0 aliphatic carbocycles. The van der Waals surface area contributed by atoms with Crippen molar-refractivity contribution in [1.82, 2.24) is 15.5 Å². The highest BCUT2D eigenvalue weighted by Gasteiger charge is 2.13. The Kier molecular flexibility index (Phi) is 5.75. The molecule has 0 atom stereocenters. The summed E-state index contributed by atoms with van der Waals surface area (Å²) in [5.74, 6) is 1.46. The second kappa shape index (κ2) is 8.78. The molecule has 1 aliphatic rings. The average molecular weight is 424 g/mol. The standard InChI is InChI=1S/C20H16N4O5S/c25-19(21-10-13-1-7-17-18(9-13)29-12-28-17)11-30-20-8-6-16(22-23-20)14-2-4-15(5-3-14)24(26)27/h1-9H,10-12H2,(H,21,25). The molecule has 0 bridgehead atoms. The average Bonchev–Trinajstić information content (AvgIpc) is 3.24. The number of rotatable bonds is 7. The van der Waals surface area contributed by atoms with Gasteiger partial charge in [-0.3, -0.25) is 14.9 Å². The third-order valence-electron chi connectivity index (χ3n) is 4.29. The van der Waals surface area contributed by atoms with Gasteiger partial charge in [-0.2, -0.15) is 0 Å². The predicted octanol–water partition coefficient (Wildman–Crippen LogP) is 3.19. The molecule has 0 unspecified atom stereocenters. The lowest BCUT2D eigenvalue weighted by Gasteiger charge is -2.06. The number of benzene rings is 2. The van der Waals surface area contributed by atoms with E-state index in [0.717, 1.165) is 11.1 Å². The van der Waals surface area contributed by atoms with Crippen LogP contribution in [0, 0.1) is 10.1 Å². The van der Waals surface area contributed by atoms with Crippen molar-refractivity contribution < 1.29 is 19.2 Å². The third kappa shape index (κ3) is 4.66. The quantitative estimate of drug-likeness (QED) is 0.349. The Labute approximate surface area is 175 Å². The van der Waals surface area contributed by atoms with Crippen LogP contribution >= 0.6 is 11.8 Å². The highest BCUT2D eigenvalue weighted by atomic mass is 32.2. The molecule has 152 valence electrons. The summed E-state index contributed by atoms with van der Waals surface area (Å²) < 4.78 is 10.6.